The first-order chi connectivity index (χ1) is 12.0. The van der Waals surface area contributed by atoms with Gasteiger partial charge in [-0.05, 0) is 54.3 Å². The molecule has 0 atom stereocenters. The molecule has 1 heterocycles. The van der Waals surface area contributed by atoms with Crippen molar-refractivity contribution in [2.75, 3.05) is 10.0 Å². The van der Waals surface area contributed by atoms with Crippen LogP contribution in [0.2, 0.25) is 5.02 Å². The zero-order valence-electron chi connectivity index (χ0n) is 13.1. The highest BCUT2D eigenvalue weighted by molar-refractivity contribution is 8.00. The molecule has 0 spiro atoms. The predicted octanol–water partition coefficient (Wildman–Crippen LogP) is 6.11. The summed E-state index contributed by atoms with van der Waals surface area (Å²) in [7, 11) is 0. The van der Waals surface area contributed by atoms with Crippen LogP contribution in [0.5, 0.6) is 0 Å². The van der Waals surface area contributed by atoms with Gasteiger partial charge in [0.2, 0.25) is 0 Å². The minimum Gasteiger partial charge on any atom is -0.380 e. The van der Waals surface area contributed by atoms with Crippen molar-refractivity contribution < 1.29 is 8.78 Å². The second-order valence-electron chi connectivity index (χ2n) is 5.26. The molecule has 2 N–H and O–H groups in total. The van der Waals surface area contributed by atoms with Crippen LogP contribution < -0.4 is 10.0 Å². The number of rotatable bonds is 6. The van der Waals surface area contributed by atoms with E-state index in [1.807, 2.05) is 12.3 Å². The largest absolute Gasteiger partial charge is 0.380 e. The van der Waals surface area contributed by atoms with E-state index in [1.165, 1.54) is 29.5 Å². The van der Waals surface area contributed by atoms with Gasteiger partial charge in [0, 0.05) is 11.9 Å². The highest BCUT2D eigenvalue weighted by atomic mass is 35.5. The number of nitrogens with zero attached hydrogens (tertiary/aromatic N) is 1. The van der Waals surface area contributed by atoms with E-state index in [-0.39, 0.29) is 5.82 Å². The van der Waals surface area contributed by atoms with E-state index < -0.39 is 5.82 Å². The molecule has 0 radical (unpaired) electrons. The Morgan fingerprint density at radius 3 is 2.84 bits per heavy atom. The van der Waals surface area contributed by atoms with E-state index in [4.69, 9.17) is 11.6 Å². The summed E-state index contributed by atoms with van der Waals surface area (Å²) in [5.41, 5.74) is 3.89. The normalized spacial score (nSPS) is 10.7. The van der Waals surface area contributed by atoms with Crippen LogP contribution >= 0.6 is 34.9 Å². The first kappa shape index (κ1) is 18.0. The fourth-order valence-electron chi connectivity index (χ4n) is 2.13. The number of aromatic nitrogens is 1. The van der Waals surface area contributed by atoms with Gasteiger partial charge in [-0.3, -0.25) is 0 Å². The maximum absolute atomic E-state index is 14.3. The van der Waals surface area contributed by atoms with Crippen molar-refractivity contribution in [3.63, 3.8) is 0 Å². The van der Waals surface area contributed by atoms with E-state index in [0.29, 0.717) is 28.0 Å². The molecule has 0 amide bonds. The van der Waals surface area contributed by atoms with Gasteiger partial charge in [0.05, 0.1) is 21.1 Å². The van der Waals surface area contributed by atoms with Crippen LogP contribution in [0.15, 0.2) is 46.1 Å². The number of nitrogens with one attached hydrogen (secondary N) is 2. The average Bonchev–Trinajstić information content (AvgIpc) is 3.10. The van der Waals surface area contributed by atoms with Crippen molar-refractivity contribution in [1.29, 1.82) is 0 Å². The van der Waals surface area contributed by atoms with Crippen LogP contribution in [0.25, 0.3) is 0 Å². The first-order valence-electron chi connectivity index (χ1n) is 7.32. The molecule has 2 aromatic carbocycles. The van der Waals surface area contributed by atoms with Gasteiger partial charge < -0.3 is 10.0 Å². The van der Waals surface area contributed by atoms with E-state index in [1.54, 1.807) is 17.6 Å². The SMILES string of the molecule is Cc1ccc(F)cc1CNc1cc(F)c(SNc2cscn2)cc1Cl. The van der Waals surface area contributed by atoms with E-state index in [9.17, 15) is 8.78 Å². The summed E-state index contributed by atoms with van der Waals surface area (Å²) in [6.07, 6.45) is 0. The lowest BCUT2D eigenvalue weighted by Crippen LogP contribution is -2.03. The number of benzene rings is 2. The van der Waals surface area contributed by atoms with Crippen LogP contribution in [-0.2, 0) is 6.54 Å². The molecular formula is C17H14ClF2N3S2. The molecule has 1 aromatic heterocycles. The molecule has 3 nitrogen and oxygen atoms in total. The summed E-state index contributed by atoms with van der Waals surface area (Å²) >= 11 is 8.79. The van der Waals surface area contributed by atoms with Crippen LogP contribution in [0, 0.1) is 18.6 Å². The lowest BCUT2D eigenvalue weighted by atomic mass is 10.1. The van der Waals surface area contributed by atoms with Crippen molar-refractivity contribution in [1.82, 2.24) is 4.98 Å². The molecule has 25 heavy (non-hydrogen) atoms. The number of thiazole rings is 1. The molecule has 130 valence electrons. The second kappa shape index (κ2) is 8.03. The summed E-state index contributed by atoms with van der Waals surface area (Å²) in [5, 5.41) is 5.27. The maximum atomic E-state index is 14.3. The minimum absolute atomic E-state index is 0.306. The Hall–Kier alpha value is -1.83. The Labute approximate surface area is 157 Å². The van der Waals surface area contributed by atoms with Gasteiger partial charge in [0.1, 0.15) is 17.5 Å². The first-order valence-corrected chi connectivity index (χ1v) is 9.45. The third-order valence-electron chi connectivity index (χ3n) is 3.50. The number of hydrogen-bond donors (Lipinski definition) is 2. The zero-order chi connectivity index (χ0) is 17.8. The molecule has 0 aliphatic carbocycles. The summed E-state index contributed by atoms with van der Waals surface area (Å²) in [5.74, 6) is -0.0514. The smallest absolute Gasteiger partial charge is 0.147 e. The molecule has 0 fully saturated rings. The van der Waals surface area contributed by atoms with Gasteiger partial charge in [-0.1, -0.05) is 17.7 Å². The van der Waals surface area contributed by atoms with E-state index >= 15 is 0 Å². The molecule has 3 aromatic rings. The minimum atomic E-state index is -0.407. The molecule has 0 saturated heterocycles. The van der Waals surface area contributed by atoms with Crippen molar-refractivity contribution in [3.8, 4) is 0 Å². The Balaban J connectivity index is 1.70. The molecule has 0 bridgehead atoms. The van der Waals surface area contributed by atoms with Gasteiger partial charge in [-0.2, -0.15) is 0 Å². The number of aryl methyl sites for hydroxylation is 1. The highest BCUT2D eigenvalue weighted by Crippen LogP contribution is 2.32. The summed E-state index contributed by atoms with van der Waals surface area (Å²) < 4.78 is 30.6. The van der Waals surface area contributed by atoms with Gasteiger partial charge in [0.15, 0.2) is 0 Å². The third kappa shape index (κ3) is 4.62. The Bertz CT molecular complexity index is 873. The summed E-state index contributed by atoms with van der Waals surface area (Å²) in [6, 6.07) is 7.45. The second-order valence-corrected chi connectivity index (χ2v) is 7.24. The Morgan fingerprint density at radius 2 is 2.08 bits per heavy atom. The van der Waals surface area contributed by atoms with Crippen LogP contribution in [0.4, 0.5) is 20.3 Å². The topological polar surface area (TPSA) is 37.0 Å². The Kier molecular flexibility index (Phi) is 5.78. The maximum Gasteiger partial charge on any atom is 0.147 e. The third-order valence-corrected chi connectivity index (χ3v) is 5.24. The highest BCUT2D eigenvalue weighted by Gasteiger charge is 2.11. The van der Waals surface area contributed by atoms with Crippen LogP contribution in [-0.4, -0.2) is 4.98 Å². The predicted molar refractivity (Wildman–Crippen MR) is 101 cm³/mol. The number of hydrogen-bond acceptors (Lipinski definition) is 5. The number of anilines is 2. The Morgan fingerprint density at radius 1 is 1.24 bits per heavy atom. The van der Waals surface area contributed by atoms with Gasteiger partial charge in [-0.15, -0.1) is 11.3 Å². The quantitative estimate of drug-likeness (QED) is 0.492. The van der Waals surface area contributed by atoms with Crippen LogP contribution in [0.3, 0.4) is 0 Å². The van der Waals surface area contributed by atoms with Gasteiger partial charge in [-0.25, -0.2) is 13.8 Å². The summed E-state index contributed by atoms with van der Waals surface area (Å²) in [6.45, 7) is 2.24. The molecule has 8 heteroatoms. The fourth-order valence-corrected chi connectivity index (χ4v) is 3.65. The molecule has 0 unspecified atom stereocenters. The van der Waals surface area contributed by atoms with Crippen molar-refractivity contribution >= 4 is 46.4 Å². The monoisotopic (exact) mass is 397 g/mol. The molecule has 0 aliphatic heterocycles. The van der Waals surface area contributed by atoms with Gasteiger partial charge in [0.25, 0.3) is 0 Å². The molecular weight excluding hydrogens is 384 g/mol. The standard InChI is InChI=1S/C17H14ClF2N3S2/c1-10-2-3-12(19)4-11(10)7-21-15-6-14(20)16(5-13(15)18)25-23-17-8-24-9-22-17/h2-6,8-9,21,23H,7H2,1H3. The van der Waals surface area contributed by atoms with Gasteiger partial charge >= 0.3 is 0 Å². The average molecular weight is 398 g/mol. The van der Waals surface area contributed by atoms with E-state index in [2.05, 4.69) is 15.0 Å². The lowest BCUT2D eigenvalue weighted by molar-refractivity contribution is 0.602. The molecule has 0 aliphatic rings. The van der Waals surface area contributed by atoms with Crippen molar-refractivity contribution in [2.24, 2.45) is 0 Å². The molecule has 3 rings (SSSR count). The fraction of sp³-hybridized carbons (Fsp3) is 0.118. The van der Waals surface area contributed by atoms with Crippen molar-refractivity contribution in [3.05, 3.63) is 69.0 Å². The zero-order valence-corrected chi connectivity index (χ0v) is 15.5. The molecule has 0 saturated carbocycles. The summed E-state index contributed by atoms with van der Waals surface area (Å²) in [4.78, 5) is 4.43. The van der Waals surface area contributed by atoms with Crippen molar-refractivity contribution in [2.45, 2.75) is 18.4 Å². The number of halogens is 3. The van der Waals surface area contributed by atoms with Crippen LogP contribution in [0.1, 0.15) is 11.1 Å². The lowest BCUT2D eigenvalue weighted by Gasteiger charge is -2.12. The van der Waals surface area contributed by atoms with E-state index in [0.717, 1.165) is 23.1 Å².